The van der Waals surface area contributed by atoms with Crippen LogP contribution in [0.2, 0.25) is 0 Å². The summed E-state index contributed by atoms with van der Waals surface area (Å²) in [4.78, 5) is 34.4. The Bertz CT molecular complexity index is 626. The van der Waals surface area contributed by atoms with Crippen LogP contribution in [0.1, 0.15) is 58.3 Å². The Morgan fingerprint density at radius 3 is 2.09 bits per heavy atom. The molecule has 0 radical (unpaired) electrons. The molecule has 2 rings (SSSR count). The lowest BCUT2D eigenvalue weighted by Gasteiger charge is -2.08. The molecule has 3 N–H and O–H groups in total. The highest BCUT2D eigenvalue weighted by atomic mass is 16.5. The second-order valence-electron chi connectivity index (χ2n) is 9.01. The van der Waals surface area contributed by atoms with Gasteiger partial charge in [-0.25, -0.2) is 4.79 Å². The lowest BCUT2D eigenvalue weighted by Crippen LogP contribution is -2.28. The van der Waals surface area contributed by atoms with Crippen molar-refractivity contribution in [3.8, 4) is 0 Å². The van der Waals surface area contributed by atoms with Gasteiger partial charge in [-0.1, -0.05) is 18.6 Å². The van der Waals surface area contributed by atoms with E-state index in [0.717, 1.165) is 43.9 Å². The number of hydrogen-bond acceptors (Lipinski definition) is 6. The van der Waals surface area contributed by atoms with E-state index < -0.39 is 0 Å². The Labute approximate surface area is 203 Å². The molecule has 1 saturated carbocycles. The van der Waals surface area contributed by atoms with Crippen LogP contribution in [0.5, 0.6) is 0 Å². The summed E-state index contributed by atoms with van der Waals surface area (Å²) in [6.07, 6.45) is 11.9. The predicted octanol–water partition coefficient (Wildman–Crippen LogP) is 2.55. The molecular formula is C25H43N3O6. The summed E-state index contributed by atoms with van der Waals surface area (Å²) in [5.74, 6) is 1.95. The van der Waals surface area contributed by atoms with Crippen molar-refractivity contribution in [2.45, 2.75) is 58.3 Å². The molecule has 2 atom stereocenters. The molecule has 9 nitrogen and oxygen atoms in total. The highest BCUT2D eigenvalue weighted by Crippen LogP contribution is 2.52. The fourth-order valence-electron chi connectivity index (χ4n) is 4.41. The standard InChI is InChI=1S/C25H43N3O6/c1-20(29)26-13-15-32-17-18-33-16-14-27-24(30)11-7-4-8-12-28-25(31)34-19-23-21-9-5-2-3-6-10-22(21)23/h2-3,21-23H,4-19H2,1H3,(H,26,29)(H,27,30)(H,28,31)/b3-2+. The first-order chi connectivity index (χ1) is 16.6. The minimum atomic E-state index is -0.326. The summed E-state index contributed by atoms with van der Waals surface area (Å²) in [7, 11) is 0. The summed E-state index contributed by atoms with van der Waals surface area (Å²) in [6.45, 7) is 5.33. The lowest BCUT2D eigenvalue weighted by molar-refractivity contribution is -0.121. The van der Waals surface area contributed by atoms with Crippen LogP contribution >= 0.6 is 0 Å². The second-order valence-corrected chi connectivity index (χ2v) is 9.01. The van der Waals surface area contributed by atoms with Gasteiger partial charge in [0.15, 0.2) is 0 Å². The highest BCUT2D eigenvalue weighted by molar-refractivity contribution is 5.75. The van der Waals surface area contributed by atoms with E-state index in [4.69, 9.17) is 14.2 Å². The first kappa shape index (κ1) is 28.1. The third-order valence-electron chi connectivity index (χ3n) is 6.33. The fraction of sp³-hybridized carbons (Fsp3) is 0.800. The zero-order chi connectivity index (χ0) is 24.4. The quantitative estimate of drug-likeness (QED) is 0.217. The molecule has 0 spiro atoms. The minimum absolute atomic E-state index is 0.00947. The molecular weight excluding hydrogens is 438 g/mol. The number of allylic oxidation sites excluding steroid dienone is 2. The number of fused-ring (bicyclic) bond motifs is 1. The molecule has 9 heteroatoms. The number of alkyl carbamates (subject to hydrolysis) is 1. The molecule has 0 aromatic heterocycles. The van der Waals surface area contributed by atoms with Crippen molar-refractivity contribution >= 4 is 17.9 Å². The molecule has 194 valence electrons. The van der Waals surface area contributed by atoms with Crippen molar-refractivity contribution in [3.05, 3.63) is 12.2 Å². The largest absolute Gasteiger partial charge is 0.449 e. The van der Waals surface area contributed by atoms with E-state index in [-0.39, 0.29) is 17.9 Å². The average Bonchev–Trinajstić information content (AvgIpc) is 3.44. The van der Waals surface area contributed by atoms with Gasteiger partial charge in [-0.2, -0.15) is 0 Å². The third kappa shape index (κ3) is 12.9. The van der Waals surface area contributed by atoms with Crippen LogP contribution in [0.3, 0.4) is 0 Å². The van der Waals surface area contributed by atoms with Crippen LogP contribution in [0.25, 0.3) is 0 Å². The van der Waals surface area contributed by atoms with E-state index in [2.05, 4.69) is 28.1 Å². The molecule has 34 heavy (non-hydrogen) atoms. The van der Waals surface area contributed by atoms with Crippen LogP contribution in [-0.2, 0) is 23.8 Å². The normalized spacial score (nSPS) is 22.0. The molecule has 0 bridgehead atoms. The van der Waals surface area contributed by atoms with Crippen LogP contribution in [0, 0.1) is 17.8 Å². The Balaban J connectivity index is 1.31. The maximum absolute atomic E-state index is 11.9. The first-order valence-corrected chi connectivity index (χ1v) is 12.8. The summed E-state index contributed by atoms with van der Waals surface area (Å²) >= 11 is 0. The number of nitrogens with one attached hydrogen (secondary N) is 3. The maximum atomic E-state index is 11.9. The topological polar surface area (TPSA) is 115 Å². The number of carbonyl (C=O) groups excluding carboxylic acids is 3. The van der Waals surface area contributed by atoms with E-state index in [1.807, 2.05) is 0 Å². The smallest absolute Gasteiger partial charge is 0.407 e. The zero-order valence-corrected chi connectivity index (χ0v) is 20.6. The van der Waals surface area contributed by atoms with Gasteiger partial charge in [0, 0.05) is 33.0 Å². The van der Waals surface area contributed by atoms with Crippen LogP contribution in [0.15, 0.2) is 12.2 Å². The van der Waals surface area contributed by atoms with Crippen molar-refractivity contribution in [2.24, 2.45) is 17.8 Å². The SMILES string of the molecule is CC(=O)NCCOCCOCCNC(=O)CCCCCNC(=O)OCC1C2CC/C=C/CCC21. The van der Waals surface area contributed by atoms with Gasteiger partial charge in [-0.3, -0.25) is 9.59 Å². The molecule has 2 aliphatic carbocycles. The average molecular weight is 482 g/mol. The molecule has 0 aliphatic heterocycles. The fourth-order valence-corrected chi connectivity index (χ4v) is 4.41. The summed E-state index contributed by atoms with van der Waals surface area (Å²) in [5.41, 5.74) is 0. The zero-order valence-electron chi connectivity index (χ0n) is 20.6. The maximum Gasteiger partial charge on any atom is 0.407 e. The van der Waals surface area contributed by atoms with Crippen LogP contribution in [0.4, 0.5) is 4.79 Å². The van der Waals surface area contributed by atoms with Gasteiger partial charge < -0.3 is 30.2 Å². The van der Waals surface area contributed by atoms with E-state index in [9.17, 15) is 14.4 Å². The van der Waals surface area contributed by atoms with Gasteiger partial charge in [0.25, 0.3) is 0 Å². The molecule has 3 amide bonds. The van der Waals surface area contributed by atoms with E-state index >= 15 is 0 Å². The van der Waals surface area contributed by atoms with Crippen molar-refractivity contribution in [2.75, 3.05) is 52.7 Å². The minimum Gasteiger partial charge on any atom is -0.449 e. The Kier molecular flexibility index (Phi) is 14.3. The van der Waals surface area contributed by atoms with Crippen LogP contribution < -0.4 is 16.0 Å². The third-order valence-corrected chi connectivity index (χ3v) is 6.33. The van der Waals surface area contributed by atoms with Crippen molar-refractivity contribution in [1.82, 2.24) is 16.0 Å². The number of amides is 3. The Morgan fingerprint density at radius 1 is 0.794 bits per heavy atom. The number of unbranched alkanes of at least 4 members (excludes halogenated alkanes) is 2. The van der Waals surface area contributed by atoms with Gasteiger partial charge in [0.05, 0.1) is 33.0 Å². The number of rotatable bonds is 17. The van der Waals surface area contributed by atoms with E-state index in [1.54, 1.807) is 0 Å². The van der Waals surface area contributed by atoms with E-state index in [1.165, 1.54) is 19.8 Å². The number of carbonyl (C=O) groups is 3. The Hall–Kier alpha value is -2.13. The van der Waals surface area contributed by atoms with Gasteiger partial charge in [-0.05, 0) is 56.3 Å². The number of ether oxygens (including phenoxy) is 3. The van der Waals surface area contributed by atoms with Crippen molar-refractivity contribution in [3.63, 3.8) is 0 Å². The molecule has 2 unspecified atom stereocenters. The summed E-state index contributed by atoms with van der Waals surface area (Å²) in [6, 6.07) is 0. The van der Waals surface area contributed by atoms with Crippen LogP contribution in [-0.4, -0.2) is 70.6 Å². The highest BCUT2D eigenvalue weighted by Gasteiger charge is 2.49. The summed E-state index contributed by atoms with van der Waals surface area (Å²) < 4.78 is 16.1. The molecule has 0 heterocycles. The number of hydrogen-bond donors (Lipinski definition) is 3. The van der Waals surface area contributed by atoms with Crippen molar-refractivity contribution < 1.29 is 28.6 Å². The van der Waals surface area contributed by atoms with Gasteiger partial charge >= 0.3 is 6.09 Å². The first-order valence-electron chi connectivity index (χ1n) is 12.8. The van der Waals surface area contributed by atoms with E-state index in [0.29, 0.717) is 65.0 Å². The van der Waals surface area contributed by atoms with Crippen molar-refractivity contribution in [1.29, 1.82) is 0 Å². The molecule has 0 aromatic rings. The summed E-state index contributed by atoms with van der Waals surface area (Å²) in [5, 5.41) is 8.29. The molecule has 2 aliphatic rings. The predicted molar refractivity (Wildman–Crippen MR) is 129 cm³/mol. The van der Waals surface area contributed by atoms with Gasteiger partial charge in [0.2, 0.25) is 11.8 Å². The van der Waals surface area contributed by atoms with Gasteiger partial charge in [-0.15, -0.1) is 0 Å². The second kappa shape index (κ2) is 17.3. The molecule has 0 aromatic carbocycles. The van der Waals surface area contributed by atoms with Gasteiger partial charge in [0.1, 0.15) is 0 Å². The molecule has 1 fully saturated rings. The lowest BCUT2D eigenvalue weighted by atomic mass is 10.1. The molecule has 0 saturated heterocycles. The Morgan fingerprint density at radius 2 is 1.44 bits per heavy atom. The monoisotopic (exact) mass is 481 g/mol.